The first-order valence-electron chi connectivity index (χ1n) is 6.55. The van der Waals surface area contributed by atoms with Crippen molar-refractivity contribution in [3.05, 3.63) is 53.9 Å². The van der Waals surface area contributed by atoms with Gasteiger partial charge in [-0.15, -0.1) is 0 Å². The molecule has 1 aliphatic rings. The van der Waals surface area contributed by atoms with E-state index in [0.29, 0.717) is 33.5 Å². The molecule has 0 saturated heterocycles. The van der Waals surface area contributed by atoms with E-state index in [1.54, 1.807) is 24.4 Å². The van der Waals surface area contributed by atoms with E-state index in [-0.39, 0.29) is 11.5 Å². The number of carbonyl (C=O) groups is 1. The van der Waals surface area contributed by atoms with Gasteiger partial charge >= 0.3 is 0 Å². The smallest absolute Gasteiger partial charge is 0.212 e. The molecule has 1 heterocycles. The summed E-state index contributed by atoms with van der Waals surface area (Å²) in [6.07, 6.45) is 1.60. The van der Waals surface area contributed by atoms with E-state index in [9.17, 15) is 9.90 Å². The summed E-state index contributed by atoms with van der Waals surface area (Å²) in [7, 11) is 1.51. The van der Waals surface area contributed by atoms with Crippen LogP contribution in [0.25, 0.3) is 21.9 Å². The zero-order valence-electron chi connectivity index (χ0n) is 11.3. The number of ether oxygens (including phenoxy) is 1. The van der Waals surface area contributed by atoms with E-state index in [1.807, 2.05) is 18.2 Å². The fourth-order valence-electron chi connectivity index (χ4n) is 2.93. The third-order valence-electron chi connectivity index (χ3n) is 3.87. The van der Waals surface area contributed by atoms with Crippen molar-refractivity contribution in [3.8, 4) is 22.6 Å². The Kier molecular flexibility index (Phi) is 2.30. The van der Waals surface area contributed by atoms with Gasteiger partial charge in [-0.25, -0.2) is 0 Å². The van der Waals surface area contributed by atoms with Gasteiger partial charge in [-0.2, -0.15) is 0 Å². The Morgan fingerprint density at radius 1 is 1.14 bits per heavy atom. The number of phenolic OH excluding ortho intramolecular Hbond substituents is 1. The van der Waals surface area contributed by atoms with Gasteiger partial charge in [-0.3, -0.25) is 9.78 Å². The minimum atomic E-state index is -0.117. The highest BCUT2D eigenvalue weighted by atomic mass is 16.5. The quantitative estimate of drug-likeness (QED) is 0.580. The maximum atomic E-state index is 12.6. The highest BCUT2D eigenvalue weighted by molar-refractivity contribution is 6.25. The third-order valence-corrected chi connectivity index (χ3v) is 3.87. The molecule has 0 bridgehead atoms. The van der Waals surface area contributed by atoms with Gasteiger partial charge in [0.15, 0.2) is 11.5 Å². The van der Waals surface area contributed by atoms with Gasteiger partial charge in [0.1, 0.15) is 5.69 Å². The van der Waals surface area contributed by atoms with Gasteiger partial charge in [0.25, 0.3) is 0 Å². The van der Waals surface area contributed by atoms with Crippen LogP contribution in [0, 0.1) is 0 Å². The average Bonchev–Trinajstić information content (AvgIpc) is 2.53. The minimum Gasteiger partial charge on any atom is -0.504 e. The van der Waals surface area contributed by atoms with Crippen molar-refractivity contribution < 1.29 is 14.6 Å². The molecule has 0 aliphatic heterocycles. The molecule has 1 aromatic heterocycles. The molecular formula is C17H11NO3. The van der Waals surface area contributed by atoms with Gasteiger partial charge in [0, 0.05) is 22.7 Å². The second-order valence-corrected chi connectivity index (χ2v) is 4.93. The van der Waals surface area contributed by atoms with E-state index < -0.39 is 0 Å². The van der Waals surface area contributed by atoms with Crippen molar-refractivity contribution in [1.82, 2.24) is 4.98 Å². The van der Waals surface area contributed by atoms with Crippen LogP contribution in [0.4, 0.5) is 0 Å². The number of benzene rings is 2. The summed E-state index contributed by atoms with van der Waals surface area (Å²) in [6, 6.07) is 10.8. The molecule has 1 aliphatic carbocycles. The van der Waals surface area contributed by atoms with E-state index in [1.165, 1.54) is 7.11 Å². The summed E-state index contributed by atoms with van der Waals surface area (Å²) >= 11 is 0. The molecule has 21 heavy (non-hydrogen) atoms. The Bertz CT molecular complexity index is 915. The summed E-state index contributed by atoms with van der Waals surface area (Å²) in [5, 5.41) is 12.0. The zero-order valence-corrected chi connectivity index (χ0v) is 11.3. The molecule has 0 fully saturated rings. The van der Waals surface area contributed by atoms with Crippen LogP contribution in [0.5, 0.6) is 11.5 Å². The predicted octanol–water partition coefficient (Wildman–Crippen LogP) is 3.16. The van der Waals surface area contributed by atoms with Crippen LogP contribution in [0.2, 0.25) is 0 Å². The number of rotatable bonds is 1. The molecule has 102 valence electrons. The van der Waals surface area contributed by atoms with Crippen molar-refractivity contribution in [1.29, 1.82) is 0 Å². The number of hydrogen-bond donors (Lipinski definition) is 1. The Labute approximate surface area is 120 Å². The summed E-state index contributed by atoms with van der Waals surface area (Å²) in [5.74, 6) is 0.311. The second-order valence-electron chi connectivity index (χ2n) is 4.93. The fourth-order valence-corrected chi connectivity index (χ4v) is 2.93. The highest BCUT2D eigenvalue weighted by Crippen LogP contribution is 2.47. The maximum absolute atomic E-state index is 12.6. The molecule has 4 rings (SSSR count). The lowest BCUT2D eigenvalue weighted by molar-refractivity contribution is 0.103. The van der Waals surface area contributed by atoms with Gasteiger partial charge in [-0.1, -0.05) is 24.3 Å². The lowest BCUT2D eigenvalue weighted by atomic mass is 9.84. The Morgan fingerprint density at radius 3 is 2.67 bits per heavy atom. The number of hydrogen-bond acceptors (Lipinski definition) is 4. The summed E-state index contributed by atoms with van der Waals surface area (Å²) in [6.45, 7) is 0. The van der Waals surface area contributed by atoms with Gasteiger partial charge in [-0.05, 0) is 23.1 Å². The van der Waals surface area contributed by atoms with Crippen LogP contribution in [0.1, 0.15) is 16.1 Å². The number of methoxy groups -OCH3 is 1. The largest absolute Gasteiger partial charge is 0.504 e. The summed E-state index contributed by atoms with van der Waals surface area (Å²) in [5.41, 5.74) is 2.25. The fraction of sp³-hybridized carbons (Fsp3) is 0.0588. The first kappa shape index (κ1) is 11.9. The van der Waals surface area contributed by atoms with Gasteiger partial charge < -0.3 is 9.84 Å². The Balaban J connectivity index is 2.28. The van der Waals surface area contributed by atoms with Crippen molar-refractivity contribution in [2.24, 2.45) is 0 Å². The molecular weight excluding hydrogens is 266 g/mol. The van der Waals surface area contributed by atoms with E-state index >= 15 is 0 Å². The molecule has 1 N–H and O–H groups in total. The van der Waals surface area contributed by atoms with E-state index in [4.69, 9.17) is 4.74 Å². The molecule has 0 spiro atoms. The minimum absolute atomic E-state index is 0.0409. The SMILES string of the molecule is COc1cc2ccnc3c2c(c1O)-c1ccccc1C3=O. The van der Waals surface area contributed by atoms with Crippen LogP contribution in [0.3, 0.4) is 0 Å². The maximum Gasteiger partial charge on any atom is 0.212 e. The number of carbonyl (C=O) groups excluding carboxylic acids is 1. The molecule has 2 aromatic carbocycles. The normalized spacial score (nSPS) is 12.3. The number of aromatic nitrogens is 1. The molecule has 3 aromatic rings. The van der Waals surface area contributed by atoms with Crippen LogP contribution in [-0.4, -0.2) is 23.0 Å². The highest BCUT2D eigenvalue weighted by Gasteiger charge is 2.29. The number of nitrogens with zero attached hydrogens (tertiary/aromatic N) is 1. The first-order chi connectivity index (χ1) is 10.2. The summed E-state index contributed by atoms with van der Waals surface area (Å²) in [4.78, 5) is 16.8. The van der Waals surface area contributed by atoms with Crippen molar-refractivity contribution >= 4 is 16.6 Å². The molecule has 0 saturated carbocycles. The molecule has 4 heteroatoms. The number of aromatic hydroxyl groups is 1. The Hall–Kier alpha value is -2.88. The molecule has 0 radical (unpaired) electrons. The lowest BCUT2D eigenvalue weighted by Crippen LogP contribution is -2.12. The standard InChI is InChI=1S/C17H11NO3/c1-21-12-8-9-6-7-18-15-13(9)14(17(12)20)10-4-2-3-5-11(10)16(15)19/h2-8,20H,1H3. The molecule has 0 amide bonds. The lowest BCUT2D eigenvalue weighted by Gasteiger charge is -2.21. The predicted molar refractivity (Wildman–Crippen MR) is 78.8 cm³/mol. The molecule has 0 atom stereocenters. The van der Waals surface area contributed by atoms with Crippen molar-refractivity contribution in [2.75, 3.05) is 7.11 Å². The van der Waals surface area contributed by atoms with Gasteiger partial charge in [0.2, 0.25) is 5.78 Å². The molecule has 4 nitrogen and oxygen atoms in total. The van der Waals surface area contributed by atoms with Crippen molar-refractivity contribution in [3.63, 3.8) is 0 Å². The first-order valence-corrected chi connectivity index (χ1v) is 6.55. The van der Waals surface area contributed by atoms with E-state index in [0.717, 1.165) is 5.39 Å². The van der Waals surface area contributed by atoms with Crippen molar-refractivity contribution in [2.45, 2.75) is 0 Å². The van der Waals surface area contributed by atoms with Crippen LogP contribution in [0.15, 0.2) is 42.6 Å². The number of fused-ring (bicyclic) bond motifs is 2. The van der Waals surface area contributed by atoms with Gasteiger partial charge in [0.05, 0.1) is 7.11 Å². The monoisotopic (exact) mass is 277 g/mol. The Morgan fingerprint density at radius 2 is 1.90 bits per heavy atom. The second kappa shape index (κ2) is 4.06. The number of ketones is 1. The third kappa shape index (κ3) is 1.44. The van der Waals surface area contributed by atoms with Crippen LogP contribution < -0.4 is 4.74 Å². The number of phenols is 1. The molecule has 0 unspecified atom stereocenters. The van der Waals surface area contributed by atoms with Crippen LogP contribution >= 0.6 is 0 Å². The topological polar surface area (TPSA) is 59.4 Å². The van der Waals surface area contributed by atoms with Crippen LogP contribution in [-0.2, 0) is 0 Å². The van der Waals surface area contributed by atoms with E-state index in [2.05, 4.69) is 4.98 Å². The number of pyridine rings is 1. The summed E-state index contributed by atoms with van der Waals surface area (Å²) < 4.78 is 5.25. The zero-order chi connectivity index (χ0) is 14.6. The average molecular weight is 277 g/mol.